The van der Waals surface area contributed by atoms with E-state index in [1.165, 1.54) is 18.2 Å². The quantitative estimate of drug-likeness (QED) is 0.713. The van der Waals surface area contributed by atoms with Crippen LogP contribution in [-0.2, 0) is 9.53 Å². The number of rotatable bonds is 5. The summed E-state index contributed by atoms with van der Waals surface area (Å²) in [5, 5.41) is 14.2. The number of amides is 3. The molecule has 3 amide bonds. The number of urea groups is 1. The Balaban J connectivity index is 2.45. The number of hydrogen-bond donors (Lipinski definition) is 3. The van der Waals surface area contributed by atoms with Gasteiger partial charge >= 0.3 is 12.0 Å². The first-order valence-corrected chi connectivity index (χ1v) is 6.90. The van der Waals surface area contributed by atoms with Crippen molar-refractivity contribution in [3.05, 3.63) is 28.8 Å². The van der Waals surface area contributed by atoms with E-state index in [0.29, 0.717) is 6.54 Å². The van der Waals surface area contributed by atoms with Gasteiger partial charge in [-0.05, 0) is 24.1 Å². The fraction of sp³-hybridized carbons (Fsp3) is 0.357. The van der Waals surface area contributed by atoms with Crippen molar-refractivity contribution in [2.75, 3.05) is 13.2 Å². The highest BCUT2D eigenvalue weighted by Crippen LogP contribution is 2.22. The minimum absolute atomic E-state index is 0.162. The van der Waals surface area contributed by atoms with Crippen molar-refractivity contribution in [2.24, 2.45) is 5.92 Å². The zero-order valence-electron chi connectivity index (χ0n) is 12.2. The average Bonchev–Trinajstić information content (AvgIpc) is 2.45. The highest BCUT2D eigenvalue weighted by atomic mass is 35.5. The molecule has 1 aromatic rings. The van der Waals surface area contributed by atoms with E-state index in [1.807, 2.05) is 19.2 Å². The molecule has 0 spiro atoms. The Morgan fingerprint density at radius 3 is 2.64 bits per heavy atom. The summed E-state index contributed by atoms with van der Waals surface area (Å²) in [6.07, 6.45) is 0. The predicted octanol–water partition coefficient (Wildman–Crippen LogP) is 1.68. The van der Waals surface area contributed by atoms with Gasteiger partial charge in [0, 0.05) is 11.6 Å². The lowest BCUT2D eigenvalue weighted by Crippen LogP contribution is -2.42. The summed E-state index contributed by atoms with van der Waals surface area (Å²) in [6.45, 7) is 3.57. The number of nitrogens with one attached hydrogen (secondary N) is 2. The molecule has 0 aliphatic carbocycles. The average molecular weight is 329 g/mol. The van der Waals surface area contributed by atoms with Crippen LogP contribution in [-0.4, -0.2) is 36.2 Å². The number of esters is 1. The molecule has 0 unspecified atom stereocenters. The Labute approximate surface area is 132 Å². The normalized spacial score (nSPS) is 10.2. The summed E-state index contributed by atoms with van der Waals surface area (Å²) in [5.41, 5.74) is -0.162. The molecular weight excluding hydrogens is 312 g/mol. The van der Waals surface area contributed by atoms with E-state index in [9.17, 15) is 19.5 Å². The van der Waals surface area contributed by atoms with Crippen LogP contribution in [0, 0.1) is 5.92 Å². The Morgan fingerprint density at radius 2 is 2.00 bits per heavy atom. The number of carbonyl (C=O) groups excluding carboxylic acids is 3. The number of halogens is 1. The fourth-order valence-corrected chi connectivity index (χ4v) is 1.56. The zero-order chi connectivity index (χ0) is 16.7. The van der Waals surface area contributed by atoms with E-state index in [1.54, 1.807) is 0 Å². The van der Waals surface area contributed by atoms with Crippen molar-refractivity contribution in [3.8, 4) is 5.75 Å². The zero-order valence-corrected chi connectivity index (χ0v) is 12.9. The van der Waals surface area contributed by atoms with Gasteiger partial charge in [-0.15, -0.1) is 0 Å². The first-order chi connectivity index (χ1) is 10.3. The maximum absolute atomic E-state index is 11.7. The largest absolute Gasteiger partial charge is 0.507 e. The van der Waals surface area contributed by atoms with E-state index in [-0.39, 0.29) is 22.3 Å². The number of hydrogen-bond acceptors (Lipinski definition) is 5. The molecule has 7 nitrogen and oxygen atoms in total. The number of carbonyl (C=O) groups is 3. The molecule has 0 aliphatic heterocycles. The first-order valence-electron chi connectivity index (χ1n) is 6.53. The van der Waals surface area contributed by atoms with Crippen LogP contribution in [0.1, 0.15) is 24.2 Å². The standard InChI is InChI=1S/C14H17ClN2O5/c1-8(2)6-16-14(21)17-12(19)7-22-13(20)10-5-9(15)3-4-11(10)18/h3-5,8,18H,6-7H2,1-2H3,(H2,16,17,19,21). The lowest BCUT2D eigenvalue weighted by molar-refractivity contribution is -0.123. The summed E-state index contributed by atoms with van der Waals surface area (Å²) in [4.78, 5) is 34.5. The van der Waals surface area contributed by atoms with E-state index in [0.717, 1.165) is 0 Å². The lowest BCUT2D eigenvalue weighted by Gasteiger charge is -2.09. The van der Waals surface area contributed by atoms with Crippen molar-refractivity contribution in [1.29, 1.82) is 0 Å². The van der Waals surface area contributed by atoms with Gasteiger partial charge in [0.1, 0.15) is 11.3 Å². The number of aromatic hydroxyl groups is 1. The molecule has 0 radical (unpaired) electrons. The van der Waals surface area contributed by atoms with E-state index >= 15 is 0 Å². The molecule has 0 fully saturated rings. The van der Waals surface area contributed by atoms with E-state index in [2.05, 4.69) is 5.32 Å². The van der Waals surface area contributed by atoms with Crippen LogP contribution in [0.2, 0.25) is 5.02 Å². The number of imide groups is 1. The van der Waals surface area contributed by atoms with Crippen molar-refractivity contribution in [1.82, 2.24) is 10.6 Å². The molecule has 0 saturated heterocycles. The molecule has 8 heteroatoms. The van der Waals surface area contributed by atoms with Gasteiger partial charge in [0.05, 0.1) is 0 Å². The van der Waals surface area contributed by atoms with Crippen LogP contribution in [0.5, 0.6) is 5.75 Å². The minimum Gasteiger partial charge on any atom is -0.507 e. The van der Waals surface area contributed by atoms with Gasteiger partial charge in [-0.25, -0.2) is 9.59 Å². The number of ether oxygens (including phenoxy) is 1. The molecule has 120 valence electrons. The van der Waals surface area contributed by atoms with Crippen molar-refractivity contribution in [2.45, 2.75) is 13.8 Å². The second-order valence-electron chi connectivity index (χ2n) is 4.89. The molecular formula is C14H17ClN2O5. The Morgan fingerprint density at radius 1 is 1.32 bits per heavy atom. The molecule has 22 heavy (non-hydrogen) atoms. The van der Waals surface area contributed by atoms with E-state index < -0.39 is 24.5 Å². The molecule has 0 heterocycles. The third kappa shape index (κ3) is 6.01. The molecule has 0 bridgehead atoms. The third-order valence-corrected chi connectivity index (χ3v) is 2.67. The maximum Gasteiger partial charge on any atom is 0.342 e. The number of phenolic OH excluding ortho intramolecular Hbond substituents is 1. The van der Waals surface area contributed by atoms with Gasteiger partial charge < -0.3 is 15.2 Å². The first kappa shape index (κ1) is 17.8. The maximum atomic E-state index is 11.7. The third-order valence-electron chi connectivity index (χ3n) is 2.44. The molecule has 0 atom stereocenters. The van der Waals surface area contributed by atoms with Gasteiger partial charge in [0.15, 0.2) is 6.61 Å². The molecule has 0 aromatic heterocycles. The smallest absolute Gasteiger partial charge is 0.342 e. The Kier molecular flexibility index (Phi) is 6.65. The van der Waals surface area contributed by atoms with Gasteiger partial charge in [-0.3, -0.25) is 10.1 Å². The van der Waals surface area contributed by atoms with Gasteiger partial charge in [-0.1, -0.05) is 25.4 Å². The van der Waals surface area contributed by atoms with Crippen LogP contribution in [0.3, 0.4) is 0 Å². The van der Waals surface area contributed by atoms with Crippen LogP contribution < -0.4 is 10.6 Å². The van der Waals surface area contributed by atoms with Gasteiger partial charge in [0.25, 0.3) is 5.91 Å². The van der Waals surface area contributed by atoms with Crippen LogP contribution in [0.15, 0.2) is 18.2 Å². The SMILES string of the molecule is CC(C)CNC(=O)NC(=O)COC(=O)c1cc(Cl)ccc1O. The monoisotopic (exact) mass is 328 g/mol. The van der Waals surface area contributed by atoms with Crippen LogP contribution >= 0.6 is 11.6 Å². The van der Waals surface area contributed by atoms with Crippen molar-refractivity contribution < 1.29 is 24.2 Å². The highest BCUT2D eigenvalue weighted by Gasteiger charge is 2.16. The second-order valence-corrected chi connectivity index (χ2v) is 5.33. The topological polar surface area (TPSA) is 105 Å². The Hall–Kier alpha value is -2.28. The van der Waals surface area contributed by atoms with Crippen LogP contribution in [0.4, 0.5) is 4.79 Å². The van der Waals surface area contributed by atoms with Crippen molar-refractivity contribution in [3.63, 3.8) is 0 Å². The predicted molar refractivity (Wildman–Crippen MR) is 79.8 cm³/mol. The summed E-state index contributed by atoms with van der Waals surface area (Å²) >= 11 is 5.70. The Bertz CT molecular complexity index is 574. The molecule has 3 N–H and O–H groups in total. The fourth-order valence-electron chi connectivity index (χ4n) is 1.38. The lowest BCUT2D eigenvalue weighted by atomic mass is 10.2. The van der Waals surface area contributed by atoms with Crippen molar-refractivity contribution >= 4 is 29.5 Å². The molecule has 0 aliphatic rings. The summed E-state index contributed by atoms with van der Waals surface area (Å²) in [6, 6.07) is 3.19. The number of benzene rings is 1. The van der Waals surface area contributed by atoms with E-state index in [4.69, 9.17) is 16.3 Å². The van der Waals surface area contributed by atoms with Gasteiger partial charge in [0.2, 0.25) is 0 Å². The number of phenols is 1. The molecule has 0 saturated carbocycles. The van der Waals surface area contributed by atoms with Crippen LogP contribution in [0.25, 0.3) is 0 Å². The summed E-state index contributed by atoms with van der Waals surface area (Å²) < 4.78 is 4.70. The highest BCUT2D eigenvalue weighted by molar-refractivity contribution is 6.31. The second kappa shape index (κ2) is 8.23. The molecule has 1 aromatic carbocycles. The minimum atomic E-state index is -0.919. The van der Waals surface area contributed by atoms with Gasteiger partial charge in [-0.2, -0.15) is 0 Å². The summed E-state index contributed by atoms with van der Waals surface area (Å²) in [5.74, 6) is -1.78. The molecule has 1 rings (SSSR count). The summed E-state index contributed by atoms with van der Waals surface area (Å²) in [7, 11) is 0.